The topological polar surface area (TPSA) is 464 Å². The Balaban J connectivity index is 1.80. The SMILES string of the molecule is CC(=O)N[C@@H](CO)C(=O)NCC(=O)N[C@@H](CCC(=O)O)C(=O)N[C@@H](CO)C(=O)N1CCC[C@H]1C(=O)N[C@@H](C)C(=O)N[C@@H](Cc1ccc(O)cc1)C(=O)N[C@@H](Cc1ccc(O)cc1)C(=O)N[C@H](C(=O)N[C@@H](C)C(N)=O)[C@@H](C)O. The minimum absolute atomic E-state index is 0.0399. The molecule has 1 fully saturated rings. The average molecular weight is 1090 g/mol. The molecule has 10 atom stereocenters. The molecule has 422 valence electrons. The molecule has 0 bridgehead atoms. The Labute approximate surface area is 440 Å². The monoisotopic (exact) mass is 1090 g/mol. The number of phenols is 2. The van der Waals surface area contributed by atoms with E-state index in [1.165, 1.54) is 69.3 Å². The number of carboxylic acid groups (broad SMARTS) is 1. The van der Waals surface area contributed by atoms with Crippen LogP contribution in [0.4, 0.5) is 0 Å². The molecule has 0 saturated carbocycles. The third-order valence-electron chi connectivity index (χ3n) is 11.9. The highest BCUT2D eigenvalue weighted by atomic mass is 16.4. The molecule has 1 aliphatic heterocycles. The molecule has 1 saturated heterocycles. The van der Waals surface area contributed by atoms with Crippen LogP contribution in [0, 0.1) is 0 Å². The second kappa shape index (κ2) is 30.2. The molecule has 2 aromatic rings. The molecule has 0 aromatic heterocycles. The van der Waals surface area contributed by atoms with Crippen LogP contribution in [-0.4, -0.2) is 193 Å². The zero-order chi connectivity index (χ0) is 57.7. The van der Waals surface area contributed by atoms with Crippen LogP contribution in [0.5, 0.6) is 11.5 Å². The van der Waals surface area contributed by atoms with Gasteiger partial charge in [0.2, 0.25) is 65.0 Å². The number of amides is 11. The molecule has 1 heterocycles. The predicted molar refractivity (Wildman–Crippen MR) is 266 cm³/mol. The van der Waals surface area contributed by atoms with Crippen LogP contribution < -0.4 is 53.6 Å². The van der Waals surface area contributed by atoms with E-state index >= 15 is 0 Å². The number of benzene rings is 2. The van der Waals surface area contributed by atoms with Crippen molar-refractivity contribution in [3.63, 3.8) is 0 Å². The number of phenolic OH excluding ortho intramolecular Hbond substituents is 2. The van der Waals surface area contributed by atoms with Crippen molar-refractivity contribution < 1.29 is 88.2 Å². The lowest BCUT2D eigenvalue weighted by Crippen LogP contribution is -2.61. The summed E-state index contributed by atoms with van der Waals surface area (Å²) in [6.07, 6.45) is -2.98. The molecule has 2 aromatic carbocycles. The number of carbonyl (C=O) groups excluding carboxylic acids is 11. The lowest BCUT2D eigenvalue weighted by atomic mass is 10.0. The Morgan fingerprint density at radius 2 is 1.12 bits per heavy atom. The molecule has 17 N–H and O–H groups in total. The van der Waals surface area contributed by atoms with Gasteiger partial charge in [-0.3, -0.25) is 57.5 Å². The van der Waals surface area contributed by atoms with Crippen molar-refractivity contribution in [3.8, 4) is 11.5 Å². The maximum absolute atomic E-state index is 14.3. The number of likely N-dealkylation sites (tertiary alicyclic amines) is 1. The maximum atomic E-state index is 14.3. The van der Waals surface area contributed by atoms with Gasteiger partial charge < -0.3 is 89.1 Å². The normalized spacial score (nSPS) is 16.4. The van der Waals surface area contributed by atoms with Gasteiger partial charge in [-0.15, -0.1) is 0 Å². The Bertz CT molecular complexity index is 2460. The first-order chi connectivity index (χ1) is 36.2. The Morgan fingerprint density at radius 3 is 1.61 bits per heavy atom. The van der Waals surface area contributed by atoms with E-state index in [-0.39, 0.29) is 43.7 Å². The predicted octanol–water partition coefficient (Wildman–Crippen LogP) is -6.36. The van der Waals surface area contributed by atoms with E-state index in [4.69, 9.17) is 5.73 Å². The summed E-state index contributed by atoms with van der Waals surface area (Å²) in [5, 5.41) is 80.1. The molecule has 11 amide bonds. The summed E-state index contributed by atoms with van der Waals surface area (Å²) in [4.78, 5) is 157. The van der Waals surface area contributed by atoms with E-state index < -0.39 is 164 Å². The van der Waals surface area contributed by atoms with Crippen molar-refractivity contribution in [2.75, 3.05) is 26.3 Å². The summed E-state index contributed by atoms with van der Waals surface area (Å²) in [6.45, 7) is 2.08. The van der Waals surface area contributed by atoms with Crippen LogP contribution in [-0.2, 0) is 70.4 Å². The number of nitrogens with one attached hydrogen (secondary N) is 9. The van der Waals surface area contributed by atoms with Crippen LogP contribution in [0.3, 0.4) is 0 Å². The summed E-state index contributed by atoms with van der Waals surface area (Å²) in [7, 11) is 0. The van der Waals surface area contributed by atoms with Gasteiger partial charge in [-0.2, -0.15) is 0 Å². The van der Waals surface area contributed by atoms with Gasteiger partial charge in [-0.25, -0.2) is 0 Å². The van der Waals surface area contributed by atoms with Crippen molar-refractivity contribution in [3.05, 3.63) is 59.7 Å². The first kappa shape index (κ1) is 62.9. The van der Waals surface area contributed by atoms with Crippen molar-refractivity contribution in [2.45, 2.75) is 127 Å². The Kier molecular flexibility index (Phi) is 24.6. The van der Waals surface area contributed by atoms with E-state index in [2.05, 4.69) is 47.9 Å². The number of aromatic hydroxyl groups is 2. The molecule has 77 heavy (non-hydrogen) atoms. The fourth-order valence-electron chi connectivity index (χ4n) is 7.60. The zero-order valence-electron chi connectivity index (χ0n) is 42.6. The highest BCUT2D eigenvalue weighted by Gasteiger charge is 2.40. The molecule has 1 aliphatic rings. The number of hydrogen-bond acceptors (Lipinski definition) is 17. The van der Waals surface area contributed by atoms with Gasteiger partial charge in [-0.1, -0.05) is 24.3 Å². The molecule has 0 radical (unpaired) electrons. The number of nitrogens with two attached hydrogens (primary N) is 1. The summed E-state index contributed by atoms with van der Waals surface area (Å²) >= 11 is 0. The van der Waals surface area contributed by atoms with Gasteiger partial charge in [0.1, 0.15) is 65.9 Å². The molecular weight excluding hydrogens is 1020 g/mol. The largest absolute Gasteiger partial charge is 0.508 e. The van der Waals surface area contributed by atoms with Crippen molar-refractivity contribution in [1.29, 1.82) is 0 Å². The second-order valence-electron chi connectivity index (χ2n) is 18.1. The van der Waals surface area contributed by atoms with Crippen LogP contribution in [0.1, 0.15) is 64.5 Å². The van der Waals surface area contributed by atoms with E-state index in [1.807, 2.05) is 0 Å². The number of aliphatic hydroxyl groups is 3. The van der Waals surface area contributed by atoms with Crippen LogP contribution in [0.2, 0.25) is 0 Å². The minimum atomic E-state index is -1.75. The van der Waals surface area contributed by atoms with E-state index in [0.29, 0.717) is 11.1 Å². The molecule has 0 unspecified atom stereocenters. The number of aliphatic hydroxyl groups excluding tert-OH is 3. The highest BCUT2D eigenvalue weighted by Crippen LogP contribution is 2.20. The summed E-state index contributed by atoms with van der Waals surface area (Å²) in [6, 6.07) is -2.42. The number of carbonyl (C=O) groups is 12. The second-order valence-corrected chi connectivity index (χ2v) is 18.1. The van der Waals surface area contributed by atoms with Crippen LogP contribution in [0.15, 0.2) is 48.5 Å². The third-order valence-corrected chi connectivity index (χ3v) is 11.9. The quantitative estimate of drug-likeness (QED) is 0.0360. The lowest BCUT2D eigenvalue weighted by molar-refractivity contribution is -0.143. The van der Waals surface area contributed by atoms with E-state index in [1.54, 1.807) is 0 Å². The molecule has 29 nitrogen and oxygen atoms in total. The Hall–Kier alpha value is -8.44. The summed E-state index contributed by atoms with van der Waals surface area (Å²) < 4.78 is 0. The molecular formula is C48H67N11O18. The summed E-state index contributed by atoms with van der Waals surface area (Å²) in [5.41, 5.74) is 6.05. The Morgan fingerprint density at radius 1 is 0.610 bits per heavy atom. The van der Waals surface area contributed by atoms with Gasteiger partial charge in [0, 0.05) is 32.7 Å². The fourth-order valence-corrected chi connectivity index (χ4v) is 7.60. The maximum Gasteiger partial charge on any atom is 0.303 e. The van der Waals surface area contributed by atoms with Gasteiger partial charge in [-0.05, 0) is 75.4 Å². The number of primary amides is 1. The summed E-state index contributed by atoms with van der Waals surface area (Å²) in [5.74, 6) is -12.0. The van der Waals surface area contributed by atoms with Gasteiger partial charge in [0.25, 0.3) is 0 Å². The van der Waals surface area contributed by atoms with Crippen molar-refractivity contribution in [1.82, 2.24) is 52.8 Å². The smallest absolute Gasteiger partial charge is 0.303 e. The minimum Gasteiger partial charge on any atom is -0.508 e. The average Bonchev–Trinajstić information content (AvgIpc) is 3.87. The standard InChI is InChI=1S/C48H67N11O18/c1-23(40(49)69)51-47(76)39(25(3)62)58-45(74)33(19-28-9-13-30(65)14-10-28)56-44(73)32(18-27-7-11-29(64)12-8-27)55-41(70)24(2)52-46(75)36-6-5-17-59(36)48(77)35(22-61)57-43(72)31(15-16-38(67)68)54-37(66)20-50-42(71)34(21-60)53-26(4)63/h7-14,23-25,31-36,39,60-62,64-65H,5-6,15-22H2,1-4H3,(H2,49,69)(H,50,71)(H,51,76)(H,52,75)(H,53,63)(H,54,66)(H,55,70)(H,56,73)(H,57,72)(H,58,74)(H,67,68)/t23-,24-,25+,31-,32-,33-,34-,35-,36-,39-/m0/s1. The van der Waals surface area contributed by atoms with E-state index in [0.717, 1.165) is 11.8 Å². The number of aliphatic carboxylic acids is 1. The van der Waals surface area contributed by atoms with Crippen molar-refractivity contribution >= 4 is 70.9 Å². The first-order valence-electron chi connectivity index (χ1n) is 24.2. The van der Waals surface area contributed by atoms with E-state index in [9.17, 15) is 88.2 Å². The number of rotatable bonds is 29. The fraction of sp³-hybridized carbons (Fsp3) is 0.500. The molecule has 29 heteroatoms. The molecule has 0 spiro atoms. The van der Waals surface area contributed by atoms with Gasteiger partial charge in [0.15, 0.2) is 0 Å². The highest BCUT2D eigenvalue weighted by molar-refractivity contribution is 5.99. The first-order valence-corrected chi connectivity index (χ1v) is 24.2. The van der Waals surface area contributed by atoms with Crippen molar-refractivity contribution in [2.24, 2.45) is 5.73 Å². The number of hydrogen-bond donors (Lipinski definition) is 16. The van der Waals surface area contributed by atoms with Gasteiger partial charge in [0.05, 0.1) is 25.9 Å². The van der Waals surface area contributed by atoms with Crippen LogP contribution in [0.25, 0.3) is 0 Å². The molecule has 0 aliphatic carbocycles. The van der Waals surface area contributed by atoms with Crippen LogP contribution >= 0.6 is 0 Å². The third kappa shape index (κ3) is 20.3. The molecule has 3 rings (SSSR count). The zero-order valence-corrected chi connectivity index (χ0v) is 42.6. The lowest BCUT2D eigenvalue weighted by Gasteiger charge is -2.30. The number of nitrogens with zero attached hydrogens (tertiary/aromatic N) is 1. The number of carboxylic acids is 1. The van der Waals surface area contributed by atoms with Gasteiger partial charge >= 0.3 is 5.97 Å².